The van der Waals surface area contributed by atoms with Crippen molar-refractivity contribution in [2.45, 2.75) is 33.1 Å². The van der Waals surface area contributed by atoms with Crippen LogP contribution in [0, 0.1) is 11.3 Å². The molecule has 9 heteroatoms. The normalized spacial score (nSPS) is 13.0. The molecule has 3 rings (SSSR count). The van der Waals surface area contributed by atoms with Gasteiger partial charge in [-0.25, -0.2) is 4.98 Å². The molecule has 2 aromatic carbocycles. The number of carbonyl (C=O) groups excluding carboxylic acids is 2. The number of nitrogens with one attached hydrogen (secondary N) is 1. The molecular weight excluding hydrogens is 463 g/mol. The van der Waals surface area contributed by atoms with Gasteiger partial charge in [-0.3, -0.25) is 14.2 Å². The minimum Gasteiger partial charge on any atom is -0.465 e. The summed E-state index contributed by atoms with van der Waals surface area (Å²) < 4.78 is 6.83. The maximum Gasteiger partial charge on any atom is 0.323 e. The molecule has 0 aliphatic rings. The first-order valence-corrected chi connectivity index (χ1v) is 10.9. The van der Waals surface area contributed by atoms with Crippen LogP contribution in [0.4, 0.5) is 11.6 Å². The van der Waals surface area contributed by atoms with E-state index in [0.717, 1.165) is 0 Å². The van der Waals surface area contributed by atoms with Gasteiger partial charge in [0.2, 0.25) is 5.95 Å². The number of hydrogen-bond acceptors (Lipinski definition) is 6. The van der Waals surface area contributed by atoms with Crippen LogP contribution in [-0.2, 0) is 19.7 Å². The smallest absolute Gasteiger partial charge is 0.323 e. The van der Waals surface area contributed by atoms with Gasteiger partial charge in [-0.15, -0.1) is 0 Å². The number of nitrogens with zero attached hydrogens (tertiary/aromatic N) is 3. The third-order valence-corrected chi connectivity index (χ3v) is 6.02. The van der Waals surface area contributed by atoms with E-state index < -0.39 is 17.2 Å². The number of imidazole rings is 1. The van der Waals surface area contributed by atoms with Crippen LogP contribution in [0.3, 0.4) is 0 Å². The van der Waals surface area contributed by atoms with Crippen LogP contribution in [0.5, 0.6) is 0 Å². The molecular formula is C24H22Cl2N4O3. The molecule has 1 aromatic heterocycles. The highest BCUT2D eigenvalue weighted by molar-refractivity contribution is 6.39. The van der Waals surface area contributed by atoms with Crippen molar-refractivity contribution in [1.82, 2.24) is 9.55 Å². The van der Waals surface area contributed by atoms with Gasteiger partial charge in [0.15, 0.2) is 5.78 Å². The lowest BCUT2D eigenvalue weighted by molar-refractivity contribution is -0.152. The minimum absolute atomic E-state index is 0.106. The largest absolute Gasteiger partial charge is 0.465 e. The monoisotopic (exact) mass is 484 g/mol. The summed E-state index contributed by atoms with van der Waals surface area (Å²) in [6.07, 6.45) is 3.48. The molecule has 0 amide bonds. The maximum absolute atomic E-state index is 12.8. The second-order valence-electron chi connectivity index (χ2n) is 7.38. The average molecular weight is 485 g/mol. The standard InChI is InChI=1S/C24H22Cl2N4O3/c1-5-12-30-21-15(13-27)16(24(4,14(3)31)22(32)33-6-2)10-11-19(21)28-23(30)29-20-17(25)8-7-9-18(20)26/h5,7-12H,6H2,1-4H3,(H,28,29). The molecule has 0 fully saturated rings. The van der Waals surface area contributed by atoms with Crippen LogP contribution >= 0.6 is 23.2 Å². The van der Waals surface area contributed by atoms with E-state index in [1.807, 2.05) is 6.92 Å². The van der Waals surface area contributed by atoms with E-state index >= 15 is 0 Å². The number of ether oxygens (including phenoxy) is 1. The Hall–Kier alpha value is -3.34. The topological polar surface area (TPSA) is 97.0 Å². The van der Waals surface area contributed by atoms with Gasteiger partial charge in [-0.05, 0) is 51.5 Å². The van der Waals surface area contributed by atoms with Crippen LogP contribution in [0.2, 0.25) is 10.0 Å². The van der Waals surface area contributed by atoms with Gasteiger partial charge in [0.05, 0.1) is 38.9 Å². The van der Waals surface area contributed by atoms with Crippen molar-refractivity contribution < 1.29 is 14.3 Å². The van der Waals surface area contributed by atoms with Crippen molar-refractivity contribution in [2.75, 3.05) is 11.9 Å². The summed E-state index contributed by atoms with van der Waals surface area (Å²) in [7, 11) is 0. The van der Waals surface area contributed by atoms with Crippen molar-refractivity contribution in [3.8, 4) is 6.07 Å². The molecule has 0 aliphatic heterocycles. The first-order chi connectivity index (χ1) is 15.7. The fourth-order valence-electron chi connectivity index (χ4n) is 3.55. The number of rotatable bonds is 7. The van der Waals surface area contributed by atoms with Crippen molar-refractivity contribution in [1.29, 1.82) is 5.26 Å². The molecule has 0 saturated carbocycles. The van der Waals surface area contributed by atoms with E-state index in [0.29, 0.717) is 32.7 Å². The van der Waals surface area contributed by atoms with Gasteiger partial charge in [-0.1, -0.05) is 41.4 Å². The van der Waals surface area contributed by atoms with Crippen LogP contribution < -0.4 is 5.32 Å². The van der Waals surface area contributed by atoms with E-state index in [1.54, 1.807) is 54.1 Å². The fourth-order valence-corrected chi connectivity index (χ4v) is 4.04. The summed E-state index contributed by atoms with van der Waals surface area (Å²) in [6.45, 7) is 6.35. The maximum atomic E-state index is 12.8. The second kappa shape index (κ2) is 9.65. The number of nitriles is 1. The molecule has 170 valence electrons. The molecule has 0 aliphatic carbocycles. The third kappa shape index (κ3) is 4.20. The van der Waals surface area contributed by atoms with Crippen LogP contribution in [0.1, 0.15) is 38.8 Å². The molecule has 1 heterocycles. The minimum atomic E-state index is -1.65. The first kappa shape index (κ1) is 24.3. The molecule has 7 nitrogen and oxygen atoms in total. The highest BCUT2D eigenvalue weighted by Gasteiger charge is 2.44. The Balaban J connectivity index is 2.33. The quantitative estimate of drug-likeness (QED) is 0.333. The number of hydrogen-bond donors (Lipinski definition) is 1. The third-order valence-electron chi connectivity index (χ3n) is 5.39. The molecule has 0 bridgehead atoms. The molecule has 1 atom stereocenters. The number of anilines is 2. The zero-order valence-corrected chi connectivity index (χ0v) is 20.1. The highest BCUT2D eigenvalue weighted by atomic mass is 35.5. The Morgan fingerprint density at radius 2 is 1.94 bits per heavy atom. The van der Waals surface area contributed by atoms with E-state index in [9.17, 15) is 14.9 Å². The number of ketones is 1. The SMILES string of the molecule is CC=Cn1c(Nc2c(Cl)cccc2Cl)nc2ccc(C(C)(C(C)=O)C(=O)OCC)c(C#N)c21. The number of benzene rings is 2. The number of aromatic nitrogens is 2. The van der Waals surface area contributed by atoms with Gasteiger partial charge in [-0.2, -0.15) is 5.26 Å². The molecule has 1 unspecified atom stereocenters. The number of carbonyl (C=O) groups is 2. The lowest BCUT2D eigenvalue weighted by Crippen LogP contribution is -2.41. The Labute approximate surface area is 201 Å². The van der Waals surface area contributed by atoms with E-state index in [2.05, 4.69) is 16.4 Å². The van der Waals surface area contributed by atoms with Gasteiger partial charge in [0, 0.05) is 6.20 Å². The summed E-state index contributed by atoms with van der Waals surface area (Å²) in [5, 5.41) is 14.0. The Bertz CT molecular complexity index is 1300. The predicted octanol–water partition coefficient (Wildman–Crippen LogP) is 5.86. The van der Waals surface area contributed by atoms with E-state index in [1.165, 1.54) is 13.8 Å². The van der Waals surface area contributed by atoms with Crippen molar-refractivity contribution in [3.63, 3.8) is 0 Å². The zero-order chi connectivity index (χ0) is 24.3. The lowest BCUT2D eigenvalue weighted by Gasteiger charge is -2.26. The van der Waals surface area contributed by atoms with E-state index in [4.69, 9.17) is 27.9 Å². The van der Waals surface area contributed by atoms with Crippen molar-refractivity contribution in [2.24, 2.45) is 0 Å². The summed E-state index contributed by atoms with van der Waals surface area (Å²) >= 11 is 12.6. The number of para-hydroxylation sites is 1. The number of fused-ring (bicyclic) bond motifs is 1. The molecule has 0 saturated heterocycles. The zero-order valence-electron chi connectivity index (χ0n) is 18.6. The molecule has 1 N–H and O–H groups in total. The van der Waals surface area contributed by atoms with Gasteiger partial charge in [0.25, 0.3) is 0 Å². The van der Waals surface area contributed by atoms with Gasteiger partial charge in [0.1, 0.15) is 11.5 Å². The van der Waals surface area contributed by atoms with Crippen LogP contribution in [0.25, 0.3) is 17.2 Å². The molecule has 0 spiro atoms. The number of allylic oxidation sites excluding steroid dienone is 1. The fraction of sp³-hybridized carbons (Fsp3) is 0.250. The molecule has 33 heavy (non-hydrogen) atoms. The highest BCUT2D eigenvalue weighted by Crippen LogP contribution is 2.37. The summed E-state index contributed by atoms with van der Waals surface area (Å²) in [6, 6.07) is 10.5. The second-order valence-corrected chi connectivity index (χ2v) is 8.19. The average Bonchev–Trinajstić information content (AvgIpc) is 3.12. The van der Waals surface area contributed by atoms with E-state index in [-0.39, 0.29) is 17.7 Å². The summed E-state index contributed by atoms with van der Waals surface area (Å²) in [5.41, 5.74) is 0.101. The van der Waals surface area contributed by atoms with Gasteiger partial charge >= 0.3 is 5.97 Å². The molecule has 3 aromatic rings. The van der Waals surface area contributed by atoms with Crippen molar-refractivity contribution >= 4 is 63.8 Å². The van der Waals surface area contributed by atoms with Gasteiger partial charge < -0.3 is 10.1 Å². The number of esters is 1. The lowest BCUT2D eigenvalue weighted by atomic mass is 9.76. The first-order valence-electron chi connectivity index (χ1n) is 10.2. The Morgan fingerprint density at radius 1 is 1.27 bits per heavy atom. The number of Topliss-reactive ketones (excluding diaryl/α,β-unsaturated/α-hetero) is 1. The number of halogens is 2. The van der Waals surface area contributed by atoms with Crippen LogP contribution in [-0.4, -0.2) is 27.9 Å². The molecule has 0 radical (unpaired) electrons. The summed E-state index contributed by atoms with van der Waals surface area (Å²) in [5.74, 6) is -0.797. The predicted molar refractivity (Wildman–Crippen MR) is 130 cm³/mol. The Morgan fingerprint density at radius 3 is 2.48 bits per heavy atom. The summed E-state index contributed by atoms with van der Waals surface area (Å²) in [4.78, 5) is 30.0. The van der Waals surface area contributed by atoms with Crippen LogP contribution in [0.15, 0.2) is 36.4 Å². The van der Waals surface area contributed by atoms with Crippen molar-refractivity contribution in [3.05, 3.63) is 57.6 Å². The Kier molecular flexibility index (Phi) is 7.11.